The number of hydrogen-bond donors (Lipinski definition) is 2. The normalized spacial score (nSPS) is 10.6. The predicted octanol–water partition coefficient (Wildman–Crippen LogP) is 3.90. The van der Waals surface area contributed by atoms with E-state index in [-0.39, 0.29) is 11.6 Å². The quantitative estimate of drug-likeness (QED) is 0.487. The number of carbonyl (C=O) groups is 2. The predicted molar refractivity (Wildman–Crippen MR) is 118 cm³/mol. The minimum Gasteiger partial charge on any atom is -0.346 e. The second-order valence-electron chi connectivity index (χ2n) is 7.05. The molecule has 2 heterocycles. The first-order chi connectivity index (χ1) is 15.5. The van der Waals surface area contributed by atoms with Crippen molar-refractivity contribution in [2.75, 3.05) is 5.32 Å². The van der Waals surface area contributed by atoms with E-state index in [4.69, 9.17) is 0 Å². The molecule has 0 fully saturated rings. The summed E-state index contributed by atoms with van der Waals surface area (Å²) in [5, 5.41) is 9.72. The Hall–Kier alpha value is -4.33. The van der Waals surface area contributed by atoms with Crippen LogP contribution in [0.4, 0.5) is 10.1 Å². The van der Waals surface area contributed by atoms with Crippen molar-refractivity contribution in [2.24, 2.45) is 0 Å². The Balaban J connectivity index is 1.46. The molecule has 0 atom stereocenters. The van der Waals surface area contributed by atoms with E-state index in [2.05, 4.69) is 20.7 Å². The summed E-state index contributed by atoms with van der Waals surface area (Å²) < 4.78 is 15.5. The number of benzene rings is 2. The van der Waals surface area contributed by atoms with Gasteiger partial charge in [0.15, 0.2) is 0 Å². The average Bonchev–Trinajstić information content (AvgIpc) is 3.20. The molecule has 0 saturated carbocycles. The van der Waals surface area contributed by atoms with Crippen molar-refractivity contribution in [2.45, 2.75) is 13.5 Å². The van der Waals surface area contributed by atoms with Crippen LogP contribution in [0.2, 0.25) is 0 Å². The number of carbonyl (C=O) groups excluding carboxylic acids is 2. The molecule has 0 unspecified atom stereocenters. The van der Waals surface area contributed by atoms with Gasteiger partial charge in [0.25, 0.3) is 11.8 Å². The summed E-state index contributed by atoms with van der Waals surface area (Å²) in [6.45, 7) is 1.99. The molecule has 2 amide bonds. The van der Waals surface area contributed by atoms with Crippen LogP contribution in [0.15, 0.2) is 79.1 Å². The molecular formula is C24H20FN5O2. The summed E-state index contributed by atoms with van der Waals surface area (Å²) in [6.07, 6.45) is 3.05. The molecule has 4 aromatic rings. The molecule has 32 heavy (non-hydrogen) atoms. The van der Waals surface area contributed by atoms with Gasteiger partial charge < -0.3 is 10.6 Å². The summed E-state index contributed by atoms with van der Waals surface area (Å²) in [5.74, 6) is -1.12. The lowest BCUT2D eigenvalue weighted by Gasteiger charge is -2.09. The Morgan fingerprint density at radius 2 is 1.81 bits per heavy atom. The van der Waals surface area contributed by atoms with E-state index in [9.17, 15) is 14.0 Å². The van der Waals surface area contributed by atoms with Crippen molar-refractivity contribution in [1.29, 1.82) is 0 Å². The topological polar surface area (TPSA) is 88.9 Å². The Morgan fingerprint density at radius 3 is 2.59 bits per heavy atom. The smallest absolute Gasteiger partial charge is 0.259 e. The molecule has 2 N–H and O–H groups in total. The van der Waals surface area contributed by atoms with Crippen LogP contribution in [-0.2, 0) is 6.54 Å². The van der Waals surface area contributed by atoms with Gasteiger partial charge in [-0.1, -0.05) is 24.3 Å². The number of anilines is 1. The van der Waals surface area contributed by atoms with Gasteiger partial charge in [-0.05, 0) is 49.4 Å². The molecule has 0 aliphatic carbocycles. The van der Waals surface area contributed by atoms with Gasteiger partial charge in [0.05, 0.1) is 29.7 Å². The molecule has 0 radical (unpaired) electrons. The number of nitrogens with one attached hydrogen (secondary N) is 2. The molecule has 7 nitrogen and oxygen atoms in total. The molecule has 0 bridgehead atoms. The second kappa shape index (κ2) is 9.22. The van der Waals surface area contributed by atoms with Gasteiger partial charge in [-0.15, -0.1) is 0 Å². The van der Waals surface area contributed by atoms with Crippen molar-refractivity contribution in [3.63, 3.8) is 0 Å². The highest BCUT2D eigenvalue weighted by Gasteiger charge is 2.17. The van der Waals surface area contributed by atoms with E-state index in [0.29, 0.717) is 29.1 Å². The van der Waals surface area contributed by atoms with Crippen LogP contribution in [0.5, 0.6) is 0 Å². The summed E-state index contributed by atoms with van der Waals surface area (Å²) in [5.41, 5.74) is 2.66. The van der Waals surface area contributed by atoms with E-state index >= 15 is 0 Å². The zero-order valence-electron chi connectivity index (χ0n) is 17.2. The van der Waals surface area contributed by atoms with E-state index in [1.165, 1.54) is 16.9 Å². The minimum atomic E-state index is -0.435. The highest BCUT2D eigenvalue weighted by molar-refractivity contribution is 6.05. The Labute approximate surface area is 183 Å². The Bertz CT molecular complexity index is 1270. The number of amides is 2. The first kappa shape index (κ1) is 20.9. The number of aromatic nitrogens is 3. The Kier molecular flexibility index (Phi) is 6.03. The molecule has 2 aromatic carbocycles. The van der Waals surface area contributed by atoms with Gasteiger partial charge in [-0.2, -0.15) is 5.10 Å². The molecule has 0 saturated heterocycles. The van der Waals surface area contributed by atoms with Gasteiger partial charge in [0.2, 0.25) is 0 Å². The molecule has 160 valence electrons. The van der Waals surface area contributed by atoms with Gasteiger partial charge in [-0.3, -0.25) is 14.6 Å². The Morgan fingerprint density at radius 1 is 1.00 bits per heavy atom. The van der Waals surface area contributed by atoms with Crippen LogP contribution in [0.25, 0.3) is 5.69 Å². The summed E-state index contributed by atoms with van der Waals surface area (Å²) in [4.78, 5) is 29.4. The summed E-state index contributed by atoms with van der Waals surface area (Å²) in [6, 6.07) is 18.3. The molecular weight excluding hydrogens is 409 g/mol. The first-order valence-corrected chi connectivity index (χ1v) is 9.92. The maximum Gasteiger partial charge on any atom is 0.259 e. The van der Waals surface area contributed by atoms with Crippen LogP contribution in [0.3, 0.4) is 0 Å². The van der Waals surface area contributed by atoms with Crippen LogP contribution in [-0.4, -0.2) is 26.6 Å². The SMILES string of the molecule is Cc1c(C(=O)Nc2cccc(C(=O)NCc3ccccn3)c2)cnn1-c1ccccc1F. The third kappa shape index (κ3) is 4.54. The lowest BCUT2D eigenvalue weighted by Crippen LogP contribution is -2.23. The van der Waals surface area contributed by atoms with Crippen LogP contribution in [0.1, 0.15) is 32.1 Å². The number of halogens is 1. The van der Waals surface area contributed by atoms with Crippen molar-refractivity contribution >= 4 is 17.5 Å². The number of rotatable bonds is 6. The largest absolute Gasteiger partial charge is 0.346 e. The third-order valence-corrected chi connectivity index (χ3v) is 4.87. The zero-order valence-corrected chi connectivity index (χ0v) is 17.2. The maximum absolute atomic E-state index is 14.1. The highest BCUT2D eigenvalue weighted by atomic mass is 19.1. The van der Waals surface area contributed by atoms with E-state index in [1.54, 1.807) is 61.7 Å². The second-order valence-corrected chi connectivity index (χ2v) is 7.05. The molecule has 4 rings (SSSR count). The summed E-state index contributed by atoms with van der Waals surface area (Å²) in [7, 11) is 0. The van der Waals surface area contributed by atoms with E-state index < -0.39 is 11.7 Å². The fourth-order valence-corrected chi connectivity index (χ4v) is 3.21. The molecule has 0 spiro atoms. The molecule has 0 aliphatic heterocycles. The molecule has 2 aromatic heterocycles. The fourth-order valence-electron chi connectivity index (χ4n) is 3.21. The third-order valence-electron chi connectivity index (χ3n) is 4.87. The number of pyridine rings is 1. The van der Waals surface area contributed by atoms with Gasteiger partial charge >= 0.3 is 0 Å². The van der Waals surface area contributed by atoms with Gasteiger partial charge in [0.1, 0.15) is 11.5 Å². The number of hydrogen-bond acceptors (Lipinski definition) is 4. The maximum atomic E-state index is 14.1. The highest BCUT2D eigenvalue weighted by Crippen LogP contribution is 2.19. The molecule has 0 aliphatic rings. The van der Waals surface area contributed by atoms with Crippen LogP contribution in [0, 0.1) is 12.7 Å². The van der Waals surface area contributed by atoms with Crippen molar-refractivity contribution in [3.05, 3.63) is 107 Å². The van der Waals surface area contributed by atoms with Crippen LogP contribution >= 0.6 is 0 Å². The average molecular weight is 429 g/mol. The van der Waals surface area contributed by atoms with Crippen molar-refractivity contribution in [3.8, 4) is 5.69 Å². The van der Waals surface area contributed by atoms with E-state index in [1.807, 2.05) is 12.1 Å². The monoisotopic (exact) mass is 429 g/mol. The number of nitrogens with zero attached hydrogens (tertiary/aromatic N) is 3. The zero-order chi connectivity index (χ0) is 22.5. The van der Waals surface area contributed by atoms with Gasteiger partial charge in [0, 0.05) is 17.4 Å². The lowest BCUT2D eigenvalue weighted by molar-refractivity contribution is 0.0949. The standard InChI is InChI=1S/C24H20FN5O2/c1-16-20(15-28-30(16)22-11-3-2-10-21(22)25)24(32)29-18-9-6-7-17(13-18)23(31)27-14-19-8-4-5-12-26-19/h2-13,15H,14H2,1H3,(H,27,31)(H,29,32). The van der Waals surface area contributed by atoms with E-state index in [0.717, 1.165) is 5.69 Å². The fraction of sp³-hybridized carbons (Fsp3) is 0.0833. The van der Waals surface area contributed by atoms with Crippen molar-refractivity contribution < 1.29 is 14.0 Å². The minimum absolute atomic E-state index is 0.260. The van der Waals surface area contributed by atoms with Crippen LogP contribution < -0.4 is 10.6 Å². The molecule has 8 heteroatoms. The summed E-state index contributed by atoms with van der Waals surface area (Å²) >= 11 is 0. The first-order valence-electron chi connectivity index (χ1n) is 9.92. The van der Waals surface area contributed by atoms with Gasteiger partial charge in [-0.25, -0.2) is 9.07 Å². The number of para-hydroxylation sites is 1. The lowest BCUT2D eigenvalue weighted by atomic mass is 10.1. The van der Waals surface area contributed by atoms with Crippen molar-refractivity contribution in [1.82, 2.24) is 20.1 Å².